The van der Waals surface area contributed by atoms with Crippen molar-refractivity contribution in [2.24, 2.45) is 0 Å². The third-order valence-corrected chi connectivity index (χ3v) is 5.83. The number of carbonyl (C=O) groups is 2. The smallest absolute Gasteiger partial charge is 0.414 e. The predicted octanol–water partition coefficient (Wildman–Crippen LogP) is 4.72. The number of fused-ring (bicyclic) bond motifs is 2. The molecule has 0 saturated carbocycles. The maximum absolute atomic E-state index is 12.6. The molecule has 166 valence electrons. The second-order valence-corrected chi connectivity index (χ2v) is 7.99. The molecule has 32 heavy (non-hydrogen) atoms. The lowest BCUT2D eigenvalue weighted by molar-refractivity contribution is 0.141. The van der Waals surface area contributed by atoms with Crippen molar-refractivity contribution in [3.8, 4) is 0 Å². The summed E-state index contributed by atoms with van der Waals surface area (Å²) in [6, 6.07) is 17.2. The van der Waals surface area contributed by atoms with Gasteiger partial charge in [0.05, 0.1) is 5.69 Å². The summed E-state index contributed by atoms with van der Waals surface area (Å²) in [5.74, 6) is 0. The summed E-state index contributed by atoms with van der Waals surface area (Å²) in [7, 11) is 3.17. The molecule has 0 radical (unpaired) electrons. The van der Waals surface area contributed by atoms with Crippen LogP contribution in [-0.4, -0.2) is 30.8 Å². The fourth-order valence-corrected chi connectivity index (χ4v) is 3.94. The van der Waals surface area contributed by atoms with Gasteiger partial charge in [-0.2, -0.15) is 0 Å². The number of halogens is 1. The SMILES string of the molecule is CNC(=O)OCc1cc(COC(=O)N(C)c2ccc(Cl)cc2)n2c1Cc1ccccc1C2. The van der Waals surface area contributed by atoms with Crippen molar-refractivity contribution >= 4 is 29.5 Å². The van der Waals surface area contributed by atoms with Crippen molar-refractivity contribution in [1.29, 1.82) is 0 Å². The molecule has 0 fully saturated rings. The minimum Gasteiger partial charge on any atom is -0.445 e. The first-order valence-corrected chi connectivity index (χ1v) is 10.6. The van der Waals surface area contributed by atoms with Crippen LogP contribution in [0, 0.1) is 0 Å². The number of hydrogen-bond donors (Lipinski definition) is 1. The van der Waals surface area contributed by atoms with E-state index >= 15 is 0 Å². The van der Waals surface area contributed by atoms with Crippen molar-refractivity contribution < 1.29 is 19.1 Å². The highest BCUT2D eigenvalue weighted by molar-refractivity contribution is 6.30. The van der Waals surface area contributed by atoms with Gasteiger partial charge < -0.3 is 19.4 Å². The highest BCUT2D eigenvalue weighted by Gasteiger charge is 2.23. The molecular formula is C24H24ClN3O4. The van der Waals surface area contributed by atoms with Crippen molar-refractivity contribution in [3.05, 3.63) is 87.7 Å². The van der Waals surface area contributed by atoms with Gasteiger partial charge in [0, 0.05) is 49.0 Å². The molecule has 2 heterocycles. The van der Waals surface area contributed by atoms with E-state index in [0.29, 0.717) is 17.3 Å². The minimum absolute atomic E-state index is 0.103. The summed E-state index contributed by atoms with van der Waals surface area (Å²) in [4.78, 5) is 25.6. The molecule has 1 aromatic heterocycles. The van der Waals surface area contributed by atoms with E-state index in [2.05, 4.69) is 22.0 Å². The van der Waals surface area contributed by atoms with Crippen LogP contribution in [0.1, 0.15) is 28.1 Å². The molecule has 3 aromatic rings. The van der Waals surface area contributed by atoms with Crippen LogP contribution in [-0.2, 0) is 35.7 Å². The second kappa shape index (κ2) is 9.36. The van der Waals surface area contributed by atoms with Gasteiger partial charge in [-0.25, -0.2) is 9.59 Å². The third kappa shape index (κ3) is 4.57. The summed E-state index contributed by atoms with van der Waals surface area (Å²) in [6.45, 7) is 0.924. The second-order valence-electron chi connectivity index (χ2n) is 7.56. The van der Waals surface area contributed by atoms with Crippen molar-refractivity contribution in [1.82, 2.24) is 9.88 Å². The Labute approximate surface area is 191 Å². The Morgan fingerprint density at radius 2 is 1.78 bits per heavy atom. The van der Waals surface area contributed by atoms with Gasteiger partial charge in [0.25, 0.3) is 0 Å². The maximum Gasteiger partial charge on any atom is 0.414 e. The molecule has 2 amide bonds. The minimum atomic E-state index is -0.487. The molecule has 2 aromatic carbocycles. The third-order valence-electron chi connectivity index (χ3n) is 5.58. The fraction of sp³-hybridized carbons (Fsp3) is 0.250. The molecule has 4 rings (SSSR count). The van der Waals surface area contributed by atoms with E-state index in [9.17, 15) is 9.59 Å². The monoisotopic (exact) mass is 453 g/mol. The van der Waals surface area contributed by atoms with Crippen LogP contribution in [0.2, 0.25) is 5.02 Å². The standard InChI is InChI=1S/C24H24ClN3O4/c1-26-23(29)31-14-18-11-21(28-13-17-6-4-3-5-16(17)12-22(18)28)15-32-24(30)27(2)20-9-7-19(25)8-10-20/h3-11H,12-15H2,1-2H3,(H,26,29). The van der Waals surface area contributed by atoms with Gasteiger partial charge >= 0.3 is 12.2 Å². The average molecular weight is 454 g/mol. The normalized spacial score (nSPS) is 11.8. The van der Waals surface area contributed by atoms with E-state index in [4.69, 9.17) is 21.1 Å². The summed E-state index contributed by atoms with van der Waals surface area (Å²) in [6.07, 6.45) is -0.234. The van der Waals surface area contributed by atoms with Crippen LogP contribution in [0.25, 0.3) is 0 Å². The number of carbonyl (C=O) groups excluding carboxylic acids is 2. The topological polar surface area (TPSA) is 72.8 Å². The van der Waals surface area contributed by atoms with E-state index < -0.39 is 12.2 Å². The van der Waals surface area contributed by atoms with Crippen LogP contribution in [0.15, 0.2) is 54.6 Å². The van der Waals surface area contributed by atoms with Gasteiger partial charge in [0.2, 0.25) is 0 Å². The van der Waals surface area contributed by atoms with Gasteiger partial charge in [-0.1, -0.05) is 35.9 Å². The Kier molecular flexibility index (Phi) is 6.37. The highest BCUT2D eigenvalue weighted by Crippen LogP contribution is 2.29. The quantitative estimate of drug-likeness (QED) is 0.474. The number of nitrogens with zero attached hydrogens (tertiary/aromatic N) is 2. The molecule has 8 heteroatoms. The Hall–Kier alpha value is -3.45. The van der Waals surface area contributed by atoms with E-state index in [1.54, 1.807) is 31.3 Å². The van der Waals surface area contributed by atoms with Gasteiger partial charge in [-0.05, 0) is 41.5 Å². The predicted molar refractivity (Wildman–Crippen MR) is 122 cm³/mol. The van der Waals surface area contributed by atoms with Crippen LogP contribution in [0.4, 0.5) is 15.3 Å². The Morgan fingerprint density at radius 3 is 2.50 bits per heavy atom. The van der Waals surface area contributed by atoms with E-state index in [1.807, 2.05) is 18.2 Å². The molecule has 1 N–H and O–H groups in total. The molecule has 0 aliphatic carbocycles. The molecular weight excluding hydrogens is 430 g/mol. The van der Waals surface area contributed by atoms with Crippen LogP contribution >= 0.6 is 11.6 Å². The molecule has 1 aliphatic rings. The van der Waals surface area contributed by atoms with E-state index in [0.717, 1.165) is 23.4 Å². The van der Waals surface area contributed by atoms with Gasteiger partial charge in [-0.15, -0.1) is 0 Å². The summed E-state index contributed by atoms with van der Waals surface area (Å²) in [5, 5.41) is 3.06. The molecule has 0 unspecified atom stereocenters. The molecule has 0 spiro atoms. The number of anilines is 1. The molecule has 0 saturated heterocycles. The zero-order valence-corrected chi connectivity index (χ0v) is 18.7. The van der Waals surface area contributed by atoms with Crippen molar-refractivity contribution in [2.45, 2.75) is 26.2 Å². The van der Waals surface area contributed by atoms with Crippen molar-refractivity contribution in [3.63, 3.8) is 0 Å². The number of hydrogen-bond acceptors (Lipinski definition) is 4. The summed E-state index contributed by atoms with van der Waals surface area (Å²) < 4.78 is 13.0. The van der Waals surface area contributed by atoms with Crippen LogP contribution < -0.4 is 10.2 Å². The average Bonchev–Trinajstić information content (AvgIpc) is 3.15. The van der Waals surface area contributed by atoms with Crippen LogP contribution in [0.5, 0.6) is 0 Å². The first-order chi connectivity index (χ1) is 15.5. The van der Waals surface area contributed by atoms with E-state index in [1.165, 1.54) is 23.1 Å². The largest absolute Gasteiger partial charge is 0.445 e. The highest BCUT2D eigenvalue weighted by atomic mass is 35.5. The zero-order valence-electron chi connectivity index (χ0n) is 17.9. The Balaban J connectivity index is 1.53. The number of benzene rings is 2. The maximum atomic E-state index is 12.6. The Morgan fingerprint density at radius 1 is 1.06 bits per heavy atom. The lowest BCUT2D eigenvalue weighted by Gasteiger charge is -2.23. The summed E-state index contributed by atoms with van der Waals surface area (Å²) in [5.41, 5.74) is 5.96. The fourth-order valence-electron chi connectivity index (χ4n) is 3.81. The van der Waals surface area contributed by atoms with Gasteiger partial charge in [-0.3, -0.25) is 4.90 Å². The van der Waals surface area contributed by atoms with Crippen molar-refractivity contribution in [2.75, 3.05) is 19.0 Å². The number of ether oxygens (including phenoxy) is 2. The molecule has 7 nitrogen and oxygen atoms in total. The molecule has 0 bridgehead atoms. The summed E-state index contributed by atoms with van der Waals surface area (Å²) >= 11 is 5.92. The lowest BCUT2D eigenvalue weighted by atomic mass is 9.98. The number of aromatic nitrogens is 1. The van der Waals surface area contributed by atoms with Gasteiger partial charge in [0.15, 0.2) is 0 Å². The molecule has 1 aliphatic heterocycles. The number of rotatable bonds is 5. The Bertz CT molecular complexity index is 1140. The zero-order chi connectivity index (χ0) is 22.7. The first-order valence-electron chi connectivity index (χ1n) is 10.2. The number of alkyl carbamates (subject to hydrolysis) is 1. The van der Waals surface area contributed by atoms with Crippen LogP contribution in [0.3, 0.4) is 0 Å². The van der Waals surface area contributed by atoms with Gasteiger partial charge in [0.1, 0.15) is 13.2 Å². The number of nitrogens with one attached hydrogen (secondary N) is 1. The van der Waals surface area contributed by atoms with E-state index in [-0.39, 0.29) is 13.2 Å². The molecule has 0 atom stereocenters. The lowest BCUT2D eigenvalue weighted by Crippen LogP contribution is -2.27. The number of amides is 2. The first kappa shape index (κ1) is 21.8.